The number of allylic oxidation sites excluding steroid dienone is 6. The van der Waals surface area contributed by atoms with Crippen molar-refractivity contribution in [3.8, 4) is 11.5 Å². The van der Waals surface area contributed by atoms with Crippen molar-refractivity contribution < 1.29 is 14.3 Å². The van der Waals surface area contributed by atoms with E-state index in [0.717, 1.165) is 46.6 Å². The summed E-state index contributed by atoms with van der Waals surface area (Å²) >= 11 is 0. The van der Waals surface area contributed by atoms with E-state index in [4.69, 9.17) is 9.47 Å². The minimum Gasteiger partial charge on any atom is -0.496 e. The van der Waals surface area contributed by atoms with Gasteiger partial charge in [0.1, 0.15) is 11.5 Å². The Morgan fingerprint density at radius 3 is 1.58 bits per heavy atom. The molecule has 1 fully saturated rings. The minimum absolute atomic E-state index is 0.109. The van der Waals surface area contributed by atoms with Gasteiger partial charge in [-0.3, -0.25) is 4.79 Å². The second kappa shape index (κ2) is 11.0. The van der Waals surface area contributed by atoms with E-state index in [-0.39, 0.29) is 11.2 Å². The van der Waals surface area contributed by atoms with Crippen molar-refractivity contribution in [3.63, 3.8) is 0 Å². The molecule has 3 nitrogen and oxygen atoms in total. The number of carbonyl (C=O) groups is 1. The maximum atomic E-state index is 13.3. The maximum Gasteiger partial charge on any atom is 0.185 e. The van der Waals surface area contributed by atoms with Gasteiger partial charge in [-0.15, -0.1) is 0 Å². The number of para-hydroxylation sites is 2. The third kappa shape index (κ3) is 6.35. The molecule has 0 N–H and O–H groups in total. The van der Waals surface area contributed by atoms with Crippen molar-refractivity contribution in [2.24, 2.45) is 11.3 Å². The van der Waals surface area contributed by atoms with Gasteiger partial charge in [0.25, 0.3) is 0 Å². The lowest BCUT2D eigenvalue weighted by atomic mass is 9.69. The summed E-state index contributed by atoms with van der Waals surface area (Å²) in [6.07, 6.45) is 13.4. The molecule has 1 aliphatic rings. The van der Waals surface area contributed by atoms with Crippen molar-refractivity contribution in [2.45, 2.75) is 33.6 Å². The predicted molar refractivity (Wildman–Crippen MR) is 137 cm³/mol. The number of hydrogen-bond donors (Lipinski definition) is 0. The summed E-state index contributed by atoms with van der Waals surface area (Å²) in [5, 5.41) is 0. The molecule has 172 valence electrons. The van der Waals surface area contributed by atoms with Crippen molar-refractivity contribution in [1.82, 2.24) is 0 Å². The summed E-state index contributed by atoms with van der Waals surface area (Å²) < 4.78 is 10.8. The van der Waals surface area contributed by atoms with Crippen molar-refractivity contribution in [3.05, 3.63) is 95.1 Å². The highest BCUT2D eigenvalue weighted by molar-refractivity contribution is 6.09. The zero-order valence-electron chi connectivity index (χ0n) is 20.3. The molecule has 0 atom stereocenters. The van der Waals surface area contributed by atoms with E-state index < -0.39 is 0 Å². The van der Waals surface area contributed by atoms with Gasteiger partial charge in [-0.05, 0) is 36.3 Å². The first-order chi connectivity index (χ1) is 15.8. The molecular formula is C30H34O3. The SMILES string of the molecule is COc1ccccc1/C=C/C=C1\CC(C(C)(C)C)C/C(=C\C=C\c2ccccc2OC)C1=O. The Morgan fingerprint density at radius 1 is 0.758 bits per heavy atom. The van der Waals surface area contributed by atoms with Gasteiger partial charge in [-0.25, -0.2) is 0 Å². The van der Waals surface area contributed by atoms with Crippen molar-refractivity contribution in [1.29, 1.82) is 0 Å². The summed E-state index contributed by atoms with van der Waals surface area (Å²) in [6.45, 7) is 6.74. The monoisotopic (exact) mass is 442 g/mol. The molecule has 0 radical (unpaired) electrons. The number of ether oxygens (including phenoxy) is 2. The van der Waals surface area contributed by atoms with Crippen LogP contribution in [0.4, 0.5) is 0 Å². The van der Waals surface area contributed by atoms with Crippen LogP contribution in [0.2, 0.25) is 0 Å². The molecule has 2 aromatic rings. The van der Waals surface area contributed by atoms with E-state index in [1.54, 1.807) is 14.2 Å². The number of carbonyl (C=O) groups excluding carboxylic acids is 1. The topological polar surface area (TPSA) is 35.5 Å². The molecule has 0 spiro atoms. The Hall–Kier alpha value is -3.33. The molecule has 0 aromatic heterocycles. The van der Waals surface area contributed by atoms with Gasteiger partial charge < -0.3 is 9.47 Å². The first-order valence-corrected chi connectivity index (χ1v) is 11.4. The van der Waals surface area contributed by atoms with E-state index in [0.29, 0.717) is 5.92 Å². The Labute approximate surface area is 198 Å². The van der Waals surface area contributed by atoms with Crippen LogP contribution in [0, 0.1) is 11.3 Å². The first-order valence-electron chi connectivity index (χ1n) is 11.4. The van der Waals surface area contributed by atoms with Crippen LogP contribution in [0.25, 0.3) is 12.2 Å². The Morgan fingerprint density at radius 2 is 1.18 bits per heavy atom. The summed E-state index contributed by atoms with van der Waals surface area (Å²) in [4.78, 5) is 13.3. The molecule has 0 bridgehead atoms. The third-order valence-electron chi connectivity index (χ3n) is 6.16. The van der Waals surface area contributed by atoms with Gasteiger partial charge in [-0.2, -0.15) is 0 Å². The van der Waals surface area contributed by atoms with Gasteiger partial charge >= 0.3 is 0 Å². The zero-order valence-corrected chi connectivity index (χ0v) is 20.3. The van der Waals surface area contributed by atoms with E-state index in [2.05, 4.69) is 20.8 Å². The fourth-order valence-corrected chi connectivity index (χ4v) is 4.04. The van der Waals surface area contributed by atoms with E-state index in [1.165, 1.54) is 0 Å². The molecular weight excluding hydrogens is 408 g/mol. The molecule has 0 aliphatic heterocycles. The van der Waals surface area contributed by atoms with Crippen molar-refractivity contribution >= 4 is 17.9 Å². The average molecular weight is 443 g/mol. The highest BCUT2D eigenvalue weighted by atomic mass is 16.5. The summed E-state index contributed by atoms with van der Waals surface area (Å²) in [6, 6.07) is 15.7. The molecule has 3 heteroatoms. The molecule has 0 saturated heterocycles. The third-order valence-corrected chi connectivity index (χ3v) is 6.16. The molecule has 0 amide bonds. The lowest BCUT2D eigenvalue weighted by Gasteiger charge is -2.35. The molecule has 1 saturated carbocycles. The van der Waals surface area contributed by atoms with Gasteiger partial charge in [-0.1, -0.05) is 93.6 Å². The normalized spacial score (nSPS) is 19.7. The quantitative estimate of drug-likeness (QED) is 0.440. The molecule has 0 heterocycles. The van der Waals surface area contributed by atoms with E-state index in [9.17, 15) is 4.79 Å². The van der Waals surface area contributed by atoms with Crippen LogP contribution < -0.4 is 9.47 Å². The van der Waals surface area contributed by atoms with Gasteiger partial charge in [0.15, 0.2) is 5.78 Å². The lowest BCUT2D eigenvalue weighted by molar-refractivity contribution is -0.113. The van der Waals surface area contributed by atoms with Crippen LogP contribution in [0.3, 0.4) is 0 Å². The summed E-state index contributed by atoms with van der Waals surface area (Å²) in [5.74, 6) is 2.16. The fourth-order valence-electron chi connectivity index (χ4n) is 4.04. The highest BCUT2D eigenvalue weighted by Crippen LogP contribution is 2.41. The van der Waals surface area contributed by atoms with Crippen LogP contribution in [0.5, 0.6) is 11.5 Å². The number of rotatable bonds is 6. The van der Waals surface area contributed by atoms with Gasteiger partial charge in [0.05, 0.1) is 14.2 Å². The van der Waals surface area contributed by atoms with Crippen LogP contribution in [0.1, 0.15) is 44.7 Å². The maximum absolute atomic E-state index is 13.3. The largest absolute Gasteiger partial charge is 0.496 e. The Kier molecular flexibility index (Phi) is 8.11. The zero-order chi connectivity index (χ0) is 23.8. The fraction of sp³-hybridized carbons (Fsp3) is 0.300. The smallest absolute Gasteiger partial charge is 0.185 e. The molecule has 1 aliphatic carbocycles. The Balaban J connectivity index is 1.87. The minimum atomic E-state index is 0.109. The van der Waals surface area contributed by atoms with Crippen molar-refractivity contribution in [2.75, 3.05) is 14.2 Å². The van der Waals surface area contributed by atoms with Gasteiger partial charge in [0.2, 0.25) is 0 Å². The number of hydrogen-bond acceptors (Lipinski definition) is 3. The summed E-state index contributed by atoms with van der Waals surface area (Å²) in [7, 11) is 3.33. The molecule has 0 unspecified atom stereocenters. The summed E-state index contributed by atoms with van der Waals surface area (Å²) in [5.41, 5.74) is 3.79. The van der Waals surface area contributed by atoms with E-state index >= 15 is 0 Å². The lowest BCUT2D eigenvalue weighted by Crippen LogP contribution is -2.29. The van der Waals surface area contributed by atoms with Crippen LogP contribution in [-0.2, 0) is 4.79 Å². The molecule has 2 aromatic carbocycles. The number of ketones is 1. The first kappa shape index (κ1) is 24.3. The molecule has 33 heavy (non-hydrogen) atoms. The second-order valence-electron chi connectivity index (χ2n) is 9.39. The number of Topliss-reactive ketones (excluding diaryl/α,β-unsaturated/α-hetero) is 1. The number of methoxy groups -OCH3 is 2. The predicted octanol–water partition coefficient (Wildman–Crippen LogP) is 7.31. The van der Waals surface area contributed by atoms with Crippen LogP contribution in [0.15, 0.2) is 84.0 Å². The Bertz CT molecular complexity index is 1010. The number of benzene rings is 2. The highest BCUT2D eigenvalue weighted by Gasteiger charge is 2.34. The molecule has 3 rings (SSSR count). The van der Waals surface area contributed by atoms with Gasteiger partial charge in [0, 0.05) is 22.3 Å². The standard InChI is InChI=1S/C30H34O3/c1-30(2,3)26-20-24(16-10-14-22-12-6-8-18-27(22)32-4)29(31)25(21-26)17-11-15-23-13-7-9-19-28(23)33-5/h6-19,26H,20-21H2,1-5H3/b14-10+,15-11+,24-16+,25-17+. The van der Waals surface area contributed by atoms with Crippen LogP contribution in [-0.4, -0.2) is 20.0 Å². The second-order valence-corrected chi connectivity index (χ2v) is 9.39. The van der Waals surface area contributed by atoms with E-state index in [1.807, 2.05) is 85.0 Å². The van der Waals surface area contributed by atoms with Crippen LogP contribution >= 0.6 is 0 Å². The average Bonchev–Trinajstić information content (AvgIpc) is 2.81.